The minimum absolute atomic E-state index is 0.0826. The molecule has 0 aromatic heterocycles. The molecule has 3 atom stereocenters. The highest BCUT2D eigenvalue weighted by Crippen LogP contribution is 2.48. The highest BCUT2D eigenvalue weighted by atomic mass is 32.2. The van der Waals surface area contributed by atoms with Gasteiger partial charge in [-0.05, 0) is 43.6 Å². The Morgan fingerprint density at radius 2 is 2.00 bits per heavy atom. The Balaban J connectivity index is 2.24. The van der Waals surface area contributed by atoms with Crippen molar-refractivity contribution < 1.29 is 38.6 Å². The lowest BCUT2D eigenvalue weighted by molar-refractivity contribution is -0.386. The number of thioether (sulfide) groups is 1. The largest absolute Gasteiger partial charge is 0.500 e. The second kappa shape index (κ2) is 12.3. The molecule has 1 aliphatic heterocycles. The molecule has 1 aromatic carbocycles. The number of dihydropyridines is 1. The van der Waals surface area contributed by atoms with Crippen LogP contribution in [0.5, 0.6) is 11.5 Å². The summed E-state index contributed by atoms with van der Waals surface area (Å²) in [6, 6.07) is 2.49. The molecule has 206 valence electrons. The van der Waals surface area contributed by atoms with Gasteiger partial charge in [0.15, 0.2) is 11.5 Å². The Morgan fingerprint density at radius 1 is 1.29 bits per heavy atom. The van der Waals surface area contributed by atoms with Crippen LogP contribution in [-0.2, 0) is 23.9 Å². The summed E-state index contributed by atoms with van der Waals surface area (Å²) in [7, 11) is 1.20. The summed E-state index contributed by atoms with van der Waals surface area (Å²) in [5, 5.41) is 25.4. The smallest absolute Gasteiger partial charge is 0.336 e. The molecule has 0 saturated heterocycles. The van der Waals surface area contributed by atoms with E-state index in [2.05, 4.69) is 5.32 Å². The average Bonchev–Trinajstić information content (AvgIpc) is 2.86. The number of allylic oxidation sites excluding steroid dienone is 3. The molecule has 2 N–H and O–H groups in total. The van der Waals surface area contributed by atoms with Crippen LogP contribution in [0.1, 0.15) is 45.6 Å². The number of nitrogens with one attached hydrogen (secondary N) is 1. The molecule has 0 saturated carbocycles. The number of phenolic OH excluding ortho intramolecular Hbond substituents is 1. The first-order chi connectivity index (χ1) is 18.1. The number of benzene rings is 1. The Bertz CT molecular complexity index is 1210. The van der Waals surface area contributed by atoms with Crippen molar-refractivity contribution in [3.63, 3.8) is 0 Å². The third-order valence-corrected chi connectivity index (χ3v) is 7.40. The lowest BCUT2D eigenvalue weighted by atomic mass is 9.69. The second-order valence-corrected chi connectivity index (χ2v) is 10.3. The predicted octanol–water partition coefficient (Wildman–Crippen LogP) is 3.61. The third kappa shape index (κ3) is 5.64. The quantitative estimate of drug-likeness (QED) is 0.145. The molecule has 0 spiro atoms. The monoisotopic (exact) mass is 548 g/mol. The average molecular weight is 549 g/mol. The van der Waals surface area contributed by atoms with Gasteiger partial charge in [0, 0.05) is 34.7 Å². The standard InChI is InChI=1S/C26H32N2O9S/c1-6-36-18-12-15(11-17(23(18)29)28(33)34)21-20(26(32)37-8-9-38-7-2)14(4)27-16-10-13(3)19(25(31)35-5)24(30)22(16)21/h11-13,19,21,27,29H,6-10H2,1-5H3/t13-,19+,21+/m0/s1. The minimum Gasteiger partial charge on any atom is -0.500 e. The van der Waals surface area contributed by atoms with Crippen molar-refractivity contribution in [3.8, 4) is 11.5 Å². The number of carbonyl (C=O) groups excluding carboxylic acids is 3. The van der Waals surface area contributed by atoms with Gasteiger partial charge in [0.25, 0.3) is 0 Å². The van der Waals surface area contributed by atoms with Gasteiger partial charge in [-0.2, -0.15) is 11.8 Å². The van der Waals surface area contributed by atoms with Crippen molar-refractivity contribution in [2.24, 2.45) is 11.8 Å². The van der Waals surface area contributed by atoms with Crippen LogP contribution in [-0.4, -0.2) is 59.6 Å². The Hall–Kier alpha value is -3.54. The van der Waals surface area contributed by atoms with Gasteiger partial charge in [0.05, 0.1) is 24.2 Å². The van der Waals surface area contributed by atoms with Gasteiger partial charge in [-0.1, -0.05) is 13.8 Å². The number of carbonyl (C=O) groups is 3. The van der Waals surface area contributed by atoms with Crippen LogP contribution >= 0.6 is 11.8 Å². The van der Waals surface area contributed by atoms with E-state index >= 15 is 0 Å². The minimum atomic E-state index is -1.11. The summed E-state index contributed by atoms with van der Waals surface area (Å²) in [4.78, 5) is 50.8. The van der Waals surface area contributed by atoms with Crippen LogP contribution in [0.4, 0.5) is 5.69 Å². The lowest BCUT2D eigenvalue weighted by Crippen LogP contribution is -2.43. The number of aromatic hydroxyl groups is 1. The lowest BCUT2D eigenvalue weighted by Gasteiger charge is -2.38. The van der Waals surface area contributed by atoms with Crippen LogP contribution in [0.25, 0.3) is 0 Å². The fourth-order valence-corrected chi connectivity index (χ4v) is 5.37. The number of nitrogens with zero attached hydrogens (tertiary/aromatic N) is 1. The highest BCUT2D eigenvalue weighted by Gasteiger charge is 2.47. The van der Waals surface area contributed by atoms with E-state index in [1.807, 2.05) is 6.92 Å². The number of esters is 2. The van der Waals surface area contributed by atoms with Crippen molar-refractivity contribution in [2.45, 2.75) is 40.0 Å². The van der Waals surface area contributed by atoms with E-state index in [1.165, 1.54) is 13.2 Å². The van der Waals surface area contributed by atoms with E-state index in [-0.39, 0.29) is 41.6 Å². The fourth-order valence-electron chi connectivity index (χ4n) is 4.88. The zero-order chi connectivity index (χ0) is 28.1. The summed E-state index contributed by atoms with van der Waals surface area (Å²) in [6.07, 6.45) is 0.308. The van der Waals surface area contributed by atoms with E-state index in [4.69, 9.17) is 14.2 Å². The van der Waals surface area contributed by atoms with Crippen LogP contribution in [0.2, 0.25) is 0 Å². The number of Topliss-reactive ketones (excluding diaryl/α,β-unsaturated/α-hetero) is 1. The van der Waals surface area contributed by atoms with Gasteiger partial charge in [0.1, 0.15) is 12.5 Å². The van der Waals surface area contributed by atoms with Crippen molar-refractivity contribution in [1.29, 1.82) is 0 Å². The van der Waals surface area contributed by atoms with Gasteiger partial charge in [-0.25, -0.2) is 4.79 Å². The molecule has 1 aliphatic carbocycles. The van der Waals surface area contributed by atoms with Crippen molar-refractivity contribution >= 4 is 35.2 Å². The van der Waals surface area contributed by atoms with Gasteiger partial charge >= 0.3 is 17.6 Å². The van der Waals surface area contributed by atoms with Crippen LogP contribution < -0.4 is 10.1 Å². The van der Waals surface area contributed by atoms with E-state index in [0.29, 0.717) is 23.6 Å². The number of ether oxygens (including phenoxy) is 3. The fraction of sp³-hybridized carbons (Fsp3) is 0.500. The molecular weight excluding hydrogens is 516 g/mol. The summed E-state index contributed by atoms with van der Waals surface area (Å²) in [6.45, 7) is 7.28. The zero-order valence-corrected chi connectivity index (χ0v) is 22.8. The molecule has 38 heavy (non-hydrogen) atoms. The van der Waals surface area contributed by atoms with Crippen LogP contribution in [0.3, 0.4) is 0 Å². The summed E-state index contributed by atoms with van der Waals surface area (Å²) in [5.41, 5.74) is 0.676. The van der Waals surface area contributed by atoms with Crippen molar-refractivity contribution in [1.82, 2.24) is 5.32 Å². The normalized spacial score (nSPS) is 21.0. The molecule has 12 heteroatoms. The summed E-state index contributed by atoms with van der Waals surface area (Å²) >= 11 is 1.59. The Morgan fingerprint density at radius 3 is 2.61 bits per heavy atom. The van der Waals surface area contributed by atoms with Gasteiger partial charge in [-0.3, -0.25) is 19.7 Å². The molecule has 2 aliphatic rings. The first-order valence-electron chi connectivity index (χ1n) is 12.3. The summed E-state index contributed by atoms with van der Waals surface area (Å²) in [5.74, 6) is -3.96. The number of nitro benzene ring substituents is 1. The van der Waals surface area contributed by atoms with Crippen LogP contribution in [0.15, 0.2) is 34.7 Å². The van der Waals surface area contributed by atoms with E-state index in [0.717, 1.165) is 11.8 Å². The zero-order valence-electron chi connectivity index (χ0n) is 22.0. The molecule has 0 radical (unpaired) electrons. The van der Waals surface area contributed by atoms with Crippen molar-refractivity contribution in [3.05, 3.63) is 50.4 Å². The van der Waals surface area contributed by atoms with Crippen LogP contribution in [0, 0.1) is 22.0 Å². The Labute approximate surface area is 224 Å². The number of rotatable bonds is 10. The number of methoxy groups -OCH3 is 1. The number of nitro groups is 1. The first kappa shape index (κ1) is 29.0. The maximum Gasteiger partial charge on any atom is 0.336 e. The van der Waals surface area contributed by atoms with Gasteiger partial charge in [-0.15, -0.1) is 0 Å². The predicted molar refractivity (Wildman–Crippen MR) is 140 cm³/mol. The first-order valence-corrected chi connectivity index (χ1v) is 13.4. The van der Waals surface area contributed by atoms with Gasteiger partial charge < -0.3 is 24.6 Å². The second-order valence-electron chi connectivity index (χ2n) is 8.95. The number of ketones is 1. The number of hydrogen-bond acceptors (Lipinski definition) is 11. The molecule has 0 amide bonds. The molecule has 11 nitrogen and oxygen atoms in total. The Kier molecular flexibility index (Phi) is 9.42. The third-order valence-electron chi connectivity index (χ3n) is 6.53. The SMILES string of the molecule is CCOc1cc([C@@H]2C(C(=O)OCCSCC)=C(C)NC3=C2C(=O)[C@H](C(=O)OC)[C@@H](C)C3)cc([N+](=O)[O-])c1O. The number of phenols is 1. The highest BCUT2D eigenvalue weighted by molar-refractivity contribution is 7.99. The van der Waals surface area contributed by atoms with E-state index < -0.39 is 45.9 Å². The van der Waals surface area contributed by atoms with Crippen molar-refractivity contribution in [2.75, 3.05) is 31.8 Å². The maximum absolute atomic E-state index is 13.8. The number of hydrogen-bond donors (Lipinski definition) is 2. The maximum atomic E-state index is 13.8. The molecule has 0 bridgehead atoms. The molecule has 1 heterocycles. The van der Waals surface area contributed by atoms with Gasteiger partial charge in [0.2, 0.25) is 5.75 Å². The van der Waals surface area contributed by atoms with E-state index in [9.17, 15) is 29.6 Å². The summed E-state index contributed by atoms with van der Waals surface area (Å²) < 4.78 is 15.9. The molecule has 3 rings (SSSR count). The van der Waals surface area contributed by atoms with E-state index in [1.54, 1.807) is 32.5 Å². The topological polar surface area (TPSA) is 154 Å². The molecular formula is C26H32N2O9S. The molecule has 1 aromatic rings. The molecule has 0 fully saturated rings. The molecule has 0 unspecified atom stereocenters.